The Kier molecular flexibility index (Phi) is 9.46. The fourth-order valence-electron chi connectivity index (χ4n) is 2.89. The highest BCUT2D eigenvalue weighted by Crippen LogP contribution is 2.29. The highest BCUT2D eigenvalue weighted by molar-refractivity contribution is 14.0. The number of halogens is 1. The van der Waals surface area contributed by atoms with Crippen molar-refractivity contribution < 1.29 is 9.47 Å². The first-order valence-corrected chi connectivity index (χ1v) is 9.59. The Hall–Kier alpha value is -2.75. The van der Waals surface area contributed by atoms with E-state index in [0.29, 0.717) is 18.0 Å². The van der Waals surface area contributed by atoms with Crippen LogP contribution >= 0.6 is 24.0 Å². The normalized spacial score (nSPS) is 10.8. The van der Waals surface area contributed by atoms with Crippen LogP contribution in [0.1, 0.15) is 12.5 Å². The maximum atomic E-state index is 5.36. The van der Waals surface area contributed by atoms with Gasteiger partial charge in [0.25, 0.3) is 0 Å². The standard InChI is InChI=1S/C22H27N5O2.HI/c1-4-23-22(26-18-8-11-20(28-2)21(16-18)29-3)24-14-12-17-6-9-19(10-7-17)27-15-5-13-25-27;/h5-11,13,15-16H,4,12,14H2,1-3H3,(H2,23,24,26);1H. The molecule has 0 saturated carbocycles. The summed E-state index contributed by atoms with van der Waals surface area (Å²) in [7, 11) is 3.25. The van der Waals surface area contributed by atoms with Crippen molar-refractivity contribution in [1.82, 2.24) is 15.1 Å². The third-order valence-electron chi connectivity index (χ3n) is 4.37. The van der Waals surface area contributed by atoms with E-state index in [1.54, 1.807) is 20.4 Å². The molecule has 0 aliphatic rings. The van der Waals surface area contributed by atoms with E-state index in [1.165, 1.54) is 5.56 Å². The number of anilines is 1. The van der Waals surface area contributed by atoms with Crippen molar-refractivity contribution in [2.75, 3.05) is 32.6 Å². The molecular weight excluding hydrogens is 493 g/mol. The van der Waals surface area contributed by atoms with Crippen molar-refractivity contribution in [3.63, 3.8) is 0 Å². The van der Waals surface area contributed by atoms with Crippen LogP contribution in [0.4, 0.5) is 5.69 Å². The largest absolute Gasteiger partial charge is 0.493 e. The molecule has 0 spiro atoms. The number of aromatic nitrogens is 2. The molecule has 8 heteroatoms. The van der Waals surface area contributed by atoms with Crippen LogP contribution in [0, 0.1) is 0 Å². The molecule has 0 saturated heterocycles. The lowest BCUT2D eigenvalue weighted by Crippen LogP contribution is -2.30. The number of methoxy groups -OCH3 is 2. The quantitative estimate of drug-likeness (QED) is 0.265. The fourth-order valence-corrected chi connectivity index (χ4v) is 2.89. The van der Waals surface area contributed by atoms with Crippen molar-refractivity contribution in [3.05, 3.63) is 66.5 Å². The molecule has 0 fully saturated rings. The second-order valence-corrected chi connectivity index (χ2v) is 6.32. The summed E-state index contributed by atoms with van der Waals surface area (Å²) in [6.07, 6.45) is 4.56. The Labute approximate surface area is 194 Å². The molecule has 0 bridgehead atoms. The van der Waals surface area contributed by atoms with Gasteiger partial charge in [0.2, 0.25) is 0 Å². The fraction of sp³-hybridized carbons (Fsp3) is 0.273. The number of guanidine groups is 1. The van der Waals surface area contributed by atoms with Gasteiger partial charge in [0.1, 0.15) is 0 Å². The summed E-state index contributed by atoms with van der Waals surface area (Å²) in [5.41, 5.74) is 3.16. The van der Waals surface area contributed by atoms with E-state index in [1.807, 2.05) is 42.1 Å². The minimum atomic E-state index is 0. The van der Waals surface area contributed by atoms with Gasteiger partial charge in [0, 0.05) is 37.2 Å². The van der Waals surface area contributed by atoms with Gasteiger partial charge in [0.15, 0.2) is 17.5 Å². The second-order valence-electron chi connectivity index (χ2n) is 6.32. The summed E-state index contributed by atoms with van der Waals surface area (Å²) in [6.45, 7) is 3.49. The van der Waals surface area contributed by atoms with E-state index in [4.69, 9.17) is 9.47 Å². The molecule has 0 aliphatic heterocycles. The number of hydrogen-bond acceptors (Lipinski definition) is 4. The second kappa shape index (κ2) is 12.1. The minimum Gasteiger partial charge on any atom is -0.493 e. The van der Waals surface area contributed by atoms with Crippen LogP contribution in [0.3, 0.4) is 0 Å². The van der Waals surface area contributed by atoms with Crippen molar-refractivity contribution in [1.29, 1.82) is 0 Å². The predicted octanol–water partition coefficient (Wildman–Crippen LogP) is 4.13. The van der Waals surface area contributed by atoms with Gasteiger partial charge in [-0.25, -0.2) is 4.68 Å². The molecule has 2 N–H and O–H groups in total. The summed E-state index contributed by atoms with van der Waals surface area (Å²) in [5, 5.41) is 10.8. The molecule has 0 radical (unpaired) electrons. The molecule has 0 amide bonds. The molecule has 1 heterocycles. The lowest BCUT2D eigenvalue weighted by Gasteiger charge is -2.14. The van der Waals surface area contributed by atoms with Gasteiger partial charge in [-0.05, 0) is 49.2 Å². The highest BCUT2D eigenvalue weighted by Gasteiger charge is 2.06. The first kappa shape index (κ1) is 23.5. The van der Waals surface area contributed by atoms with Crippen LogP contribution in [0.15, 0.2) is 65.9 Å². The first-order chi connectivity index (χ1) is 14.2. The number of nitrogens with zero attached hydrogens (tertiary/aromatic N) is 3. The molecule has 1 aromatic heterocycles. The Balaban J connectivity index is 0.00000320. The van der Waals surface area contributed by atoms with Gasteiger partial charge >= 0.3 is 0 Å². The SMILES string of the molecule is CCNC(=NCCc1ccc(-n2cccn2)cc1)Nc1ccc(OC)c(OC)c1.I. The van der Waals surface area contributed by atoms with Crippen LogP contribution in [-0.2, 0) is 6.42 Å². The summed E-state index contributed by atoms with van der Waals surface area (Å²) >= 11 is 0. The molecule has 3 rings (SSSR count). The molecule has 0 atom stereocenters. The monoisotopic (exact) mass is 521 g/mol. The van der Waals surface area contributed by atoms with E-state index in [9.17, 15) is 0 Å². The molecule has 30 heavy (non-hydrogen) atoms. The van der Waals surface area contributed by atoms with Crippen molar-refractivity contribution in [3.8, 4) is 17.2 Å². The Morgan fingerprint density at radius 1 is 1.07 bits per heavy atom. The summed E-state index contributed by atoms with van der Waals surface area (Å²) in [5.74, 6) is 2.09. The van der Waals surface area contributed by atoms with E-state index in [2.05, 4.69) is 45.0 Å². The molecule has 0 aliphatic carbocycles. The van der Waals surface area contributed by atoms with Crippen LogP contribution in [0.5, 0.6) is 11.5 Å². The zero-order valence-corrected chi connectivity index (χ0v) is 19.8. The molecule has 7 nitrogen and oxygen atoms in total. The number of hydrogen-bond donors (Lipinski definition) is 2. The minimum absolute atomic E-state index is 0. The van der Waals surface area contributed by atoms with Crippen LogP contribution in [-0.4, -0.2) is 43.0 Å². The summed E-state index contributed by atoms with van der Waals surface area (Å²) in [6, 6.07) is 16.0. The van der Waals surface area contributed by atoms with E-state index in [-0.39, 0.29) is 24.0 Å². The smallest absolute Gasteiger partial charge is 0.195 e. The average Bonchev–Trinajstić information content (AvgIpc) is 3.29. The number of ether oxygens (including phenoxy) is 2. The maximum absolute atomic E-state index is 5.36. The lowest BCUT2D eigenvalue weighted by atomic mass is 10.1. The number of nitrogens with one attached hydrogen (secondary N) is 2. The van der Waals surface area contributed by atoms with Gasteiger partial charge in [-0.1, -0.05) is 12.1 Å². The Bertz CT molecular complexity index is 927. The zero-order chi connectivity index (χ0) is 20.5. The molecule has 160 valence electrons. The topological polar surface area (TPSA) is 72.7 Å². The number of benzene rings is 2. The van der Waals surface area contributed by atoms with Gasteiger partial charge in [-0.15, -0.1) is 24.0 Å². The van der Waals surface area contributed by atoms with Gasteiger partial charge in [-0.2, -0.15) is 5.10 Å². The van der Waals surface area contributed by atoms with Crippen LogP contribution in [0.2, 0.25) is 0 Å². The highest BCUT2D eigenvalue weighted by atomic mass is 127. The Morgan fingerprint density at radius 3 is 2.47 bits per heavy atom. The van der Waals surface area contributed by atoms with Crippen LogP contribution in [0.25, 0.3) is 5.69 Å². The van der Waals surface area contributed by atoms with Crippen LogP contribution < -0.4 is 20.1 Å². The van der Waals surface area contributed by atoms with Gasteiger partial charge in [-0.3, -0.25) is 4.99 Å². The predicted molar refractivity (Wildman–Crippen MR) is 132 cm³/mol. The van der Waals surface area contributed by atoms with Crippen molar-refractivity contribution >= 4 is 35.6 Å². The first-order valence-electron chi connectivity index (χ1n) is 9.59. The van der Waals surface area contributed by atoms with E-state index in [0.717, 1.165) is 30.3 Å². The zero-order valence-electron chi connectivity index (χ0n) is 17.5. The third-order valence-corrected chi connectivity index (χ3v) is 4.37. The average molecular weight is 521 g/mol. The maximum Gasteiger partial charge on any atom is 0.195 e. The van der Waals surface area contributed by atoms with Gasteiger partial charge in [0.05, 0.1) is 19.9 Å². The molecule has 2 aromatic carbocycles. The third kappa shape index (κ3) is 6.38. The number of rotatable bonds is 8. The number of aliphatic imine (C=N–C) groups is 1. The van der Waals surface area contributed by atoms with Gasteiger partial charge < -0.3 is 20.1 Å². The molecular formula is C22H28IN5O2. The van der Waals surface area contributed by atoms with Crippen molar-refractivity contribution in [2.24, 2.45) is 4.99 Å². The van der Waals surface area contributed by atoms with E-state index >= 15 is 0 Å². The van der Waals surface area contributed by atoms with Crippen molar-refractivity contribution in [2.45, 2.75) is 13.3 Å². The molecule has 3 aromatic rings. The summed E-state index contributed by atoms with van der Waals surface area (Å²) in [4.78, 5) is 4.68. The molecule has 0 unspecified atom stereocenters. The Morgan fingerprint density at radius 2 is 1.83 bits per heavy atom. The summed E-state index contributed by atoms with van der Waals surface area (Å²) < 4.78 is 12.5. The van der Waals surface area contributed by atoms with E-state index < -0.39 is 0 Å². The lowest BCUT2D eigenvalue weighted by molar-refractivity contribution is 0.355.